The van der Waals surface area contributed by atoms with Crippen molar-refractivity contribution in [1.82, 2.24) is 4.98 Å². The molecule has 0 saturated carbocycles. The van der Waals surface area contributed by atoms with Gasteiger partial charge in [-0.15, -0.1) is 0 Å². The summed E-state index contributed by atoms with van der Waals surface area (Å²) >= 11 is 0. The number of para-hydroxylation sites is 1. The second-order valence-corrected chi connectivity index (χ2v) is 4.53. The summed E-state index contributed by atoms with van der Waals surface area (Å²) in [5, 5.41) is 3.51. The van der Waals surface area contributed by atoms with E-state index in [9.17, 15) is 0 Å². The molecule has 3 rings (SSSR count). The Kier molecular flexibility index (Phi) is 2.56. The van der Waals surface area contributed by atoms with E-state index < -0.39 is 0 Å². The van der Waals surface area contributed by atoms with Gasteiger partial charge in [-0.3, -0.25) is 4.98 Å². The van der Waals surface area contributed by atoms with Crippen LogP contribution in [0.2, 0.25) is 0 Å². The molecule has 0 atom stereocenters. The number of aryl methyl sites for hydroxylation is 2. The molecule has 0 saturated heterocycles. The highest BCUT2D eigenvalue weighted by atomic mass is 14.9. The van der Waals surface area contributed by atoms with Gasteiger partial charge in [-0.1, -0.05) is 24.3 Å². The normalized spacial score (nSPS) is 13.9. The molecule has 1 aromatic heterocycles. The third-order valence-electron chi connectivity index (χ3n) is 3.24. The van der Waals surface area contributed by atoms with Crippen molar-refractivity contribution in [1.29, 1.82) is 0 Å². The van der Waals surface area contributed by atoms with Crippen molar-refractivity contribution in [3.05, 3.63) is 47.7 Å². The SMILES string of the molecule is Cc1cccc(-c2cccc3c2NCCC3)n1. The largest absolute Gasteiger partial charge is 0.384 e. The van der Waals surface area contributed by atoms with Crippen molar-refractivity contribution >= 4 is 5.69 Å². The molecule has 2 heterocycles. The fraction of sp³-hybridized carbons (Fsp3) is 0.267. The Morgan fingerprint density at radius 2 is 2.00 bits per heavy atom. The van der Waals surface area contributed by atoms with Gasteiger partial charge in [0.2, 0.25) is 0 Å². The van der Waals surface area contributed by atoms with Crippen LogP contribution in [0.4, 0.5) is 5.69 Å². The van der Waals surface area contributed by atoms with Gasteiger partial charge in [0.15, 0.2) is 0 Å². The highest BCUT2D eigenvalue weighted by Crippen LogP contribution is 2.32. The first-order valence-electron chi connectivity index (χ1n) is 6.14. The minimum absolute atomic E-state index is 1.07. The van der Waals surface area contributed by atoms with Crippen molar-refractivity contribution in [2.45, 2.75) is 19.8 Å². The monoisotopic (exact) mass is 224 g/mol. The van der Waals surface area contributed by atoms with E-state index in [0.29, 0.717) is 0 Å². The van der Waals surface area contributed by atoms with Crippen LogP contribution in [0.25, 0.3) is 11.3 Å². The average molecular weight is 224 g/mol. The molecular formula is C15H16N2. The summed E-state index contributed by atoms with van der Waals surface area (Å²) in [6.45, 7) is 3.10. The van der Waals surface area contributed by atoms with Crippen LogP contribution in [0.3, 0.4) is 0 Å². The number of hydrogen-bond donors (Lipinski definition) is 1. The number of aromatic nitrogens is 1. The first-order valence-corrected chi connectivity index (χ1v) is 6.14. The van der Waals surface area contributed by atoms with Crippen molar-refractivity contribution in [3.63, 3.8) is 0 Å². The number of nitrogens with one attached hydrogen (secondary N) is 1. The lowest BCUT2D eigenvalue weighted by molar-refractivity contribution is 0.831. The van der Waals surface area contributed by atoms with Gasteiger partial charge in [0.1, 0.15) is 0 Å². The summed E-state index contributed by atoms with van der Waals surface area (Å²) in [4.78, 5) is 4.61. The second kappa shape index (κ2) is 4.21. The van der Waals surface area contributed by atoms with Crippen molar-refractivity contribution in [3.8, 4) is 11.3 Å². The number of rotatable bonds is 1. The van der Waals surface area contributed by atoms with Gasteiger partial charge in [-0.2, -0.15) is 0 Å². The third kappa shape index (κ3) is 1.91. The first-order chi connectivity index (χ1) is 8.34. The highest BCUT2D eigenvalue weighted by molar-refractivity contribution is 5.78. The van der Waals surface area contributed by atoms with Crippen molar-refractivity contribution < 1.29 is 0 Å². The molecule has 2 aromatic rings. The standard InChI is InChI=1S/C15H16N2/c1-11-5-2-9-14(17-11)13-8-3-6-12-7-4-10-16-15(12)13/h2-3,5-6,8-9,16H,4,7,10H2,1H3. The fourth-order valence-electron chi connectivity index (χ4n) is 2.42. The predicted octanol–water partition coefficient (Wildman–Crippen LogP) is 3.42. The Labute approximate surface area is 102 Å². The summed E-state index contributed by atoms with van der Waals surface area (Å²) in [7, 11) is 0. The van der Waals surface area contributed by atoms with Gasteiger partial charge in [0.05, 0.1) is 5.69 Å². The van der Waals surface area contributed by atoms with Gasteiger partial charge >= 0.3 is 0 Å². The highest BCUT2D eigenvalue weighted by Gasteiger charge is 2.13. The van der Waals surface area contributed by atoms with Crippen LogP contribution in [-0.4, -0.2) is 11.5 Å². The molecule has 1 aromatic carbocycles. The van der Waals surface area contributed by atoms with E-state index >= 15 is 0 Å². The summed E-state index contributed by atoms with van der Waals surface area (Å²) in [6, 6.07) is 12.7. The van der Waals surface area contributed by atoms with E-state index in [1.165, 1.54) is 29.7 Å². The van der Waals surface area contributed by atoms with Gasteiger partial charge in [-0.05, 0) is 37.5 Å². The molecular weight excluding hydrogens is 208 g/mol. The molecule has 2 nitrogen and oxygen atoms in total. The van der Waals surface area contributed by atoms with Gasteiger partial charge in [0, 0.05) is 23.5 Å². The lowest BCUT2D eigenvalue weighted by Gasteiger charge is -2.21. The Morgan fingerprint density at radius 3 is 2.88 bits per heavy atom. The summed E-state index contributed by atoms with van der Waals surface area (Å²) in [6.07, 6.45) is 2.39. The zero-order valence-electron chi connectivity index (χ0n) is 10.0. The number of pyridine rings is 1. The van der Waals surface area contributed by atoms with E-state index in [-0.39, 0.29) is 0 Å². The quantitative estimate of drug-likeness (QED) is 0.803. The Morgan fingerprint density at radius 1 is 1.12 bits per heavy atom. The second-order valence-electron chi connectivity index (χ2n) is 4.53. The molecule has 0 bridgehead atoms. The van der Waals surface area contributed by atoms with E-state index in [0.717, 1.165) is 17.9 Å². The number of nitrogens with zero attached hydrogens (tertiary/aromatic N) is 1. The Hall–Kier alpha value is -1.83. The maximum absolute atomic E-state index is 4.61. The zero-order chi connectivity index (χ0) is 11.7. The molecule has 2 heteroatoms. The lowest BCUT2D eigenvalue weighted by atomic mass is 9.97. The first kappa shape index (κ1) is 10.3. The van der Waals surface area contributed by atoms with E-state index in [2.05, 4.69) is 40.6 Å². The maximum atomic E-state index is 4.61. The van der Waals surface area contributed by atoms with Crippen molar-refractivity contribution in [2.24, 2.45) is 0 Å². The molecule has 86 valence electrons. The predicted molar refractivity (Wildman–Crippen MR) is 71.2 cm³/mol. The third-order valence-corrected chi connectivity index (χ3v) is 3.24. The lowest BCUT2D eigenvalue weighted by Crippen LogP contribution is -2.12. The molecule has 1 aliphatic heterocycles. The minimum Gasteiger partial charge on any atom is -0.384 e. The van der Waals surface area contributed by atoms with Crippen LogP contribution in [0.1, 0.15) is 17.7 Å². The van der Waals surface area contributed by atoms with Crippen LogP contribution in [-0.2, 0) is 6.42 Å². The maximum Gasteiger partial charge on any atom is 0.0726 e. The summed E-state index contributed by atoms with van der Waals surface area (Å²) in [5.41, 5.74) is 6.05. The number of hydrogen-bond acceptors (Lipinski definition) is 2. The molecule has 17 heavy (non-hydrogen) atoms. The minimum atomic E-state index is 1.07. The Bertz CT molecular complexity index is 546. The van der Waals surface area contributed by atoms with E-state index in [4.69, 9.17) is 0 Å². The van der Waals surface area contributed by atoms with Crippen LogP contribution < -0.4 is 5.32 Å². The zero-order valence-corrected chi connectivity index (χ0v) is 10.0. The van der Waals surface area contributed by atoms with Gasteiger partial charge < -0.3 is 5.32 Å². The molecule has 0 amide bonds. The van der Waals surface area contributed by atoms with E-state index in [1.54, 1.807) is 0 Å². The van der Waals surface area contributed by atoms with Crippen molar-refractivity contribution in [2.75, 3.05) is 11.9 Å². The van der Waals surface area contributed by atoms with E-state index in [1.807, 2.05) is 13.0 Å². The molecule has 0 radical (unpaired) electrons. The number of anilines is 1. The summed E-state index contributed by atoms with van der Waals surface area (Å²) < 4.78 is 0. The summed E-state index contributed by atoms with van der Waals surface area (Å²) in [5.74, 6) is 0. The Balaban J connectivity index is 2.14. The van der Waals surface area contributed by atoms with Gasteiger partial charge in [0.25, 0.3) is 0 Å². The number of fused-ring (bicyclic) bond motifs is 1. The van der Waals surface area contributed by atoms with Gasteiger partial charge in [-0.25, -0.2) is 0 Å². The molecule has 1 N–H and O–H groups in total. The smallest absolute Gasteiger partial charge is 0.0726 e. The molecule has 0 fully saturated rings. The fourth-order valence-corrected chi connectivity index (χ4v) is 2.42. The molecule has 0 spiro atoms. The van der Waals surface area contributed by atoms with Crippen LogP contribution in [0.5, 0.6) is 0 Å². The topological polar surface area (TPSA) is 24.9 Å². The molecule has 0 unspecified atom stereocenters. The molecule has 0 aliphatic carbocycles. The number of benzene rings is 1. The molecule has 1 aliphatic rings. The van der Waals surface area contributed by atoms with Crippen LogP contribution in [0.15, 0.2) is 36.4 Å². The van der Waals surface area contributed by atoms with Crippen LogP contribution in [0, 0.1) is 6.92 Å². The average Bonchev–Trinajstić information content (AvgIpc) is 2.38. The van der Waals surface area contributed by atoms with Crippen LogP contribution >= 0.6 is 0 Å².